The lowest BCUT2D eigenvalue weighted by Crippen LogP contribution is -2.52. The highest BCUT2D eigenvalue weighted by Gasteiger charge is 2.43. The minimum Gasteiger partial charge on any atom is -0.392 e. The molecule has 0 aromatic carbocycles. The van der Waals surface area contributed by atoms with Gasteiger partial charge < -0.3 is 20.6 Å². The molecule has 0 saturated carbocycles. The second-order valence-electron chi connectivity index (χ2n) is 5.81. The molecule has 1 aliphatic rings. The molecule has 1 saturated heterocycles. The van der Waals surface area contributed by atoms with Gasteiger partial charge in [0.25, 0.3) is 0 Å². The van der Waals surface area contributed by atoms with E-state index in [4.69, 9.17) is 18.0 Å². The highest BCUT2D eigenvalue weighted by molar-refractivity contribution is 7.80. The molecule has 0 aromatic heterocycles. The zero-order valence-corrected chi connectivity index (χ0v) is 13.0. The van der Waals surface area contributed by atoms with E-state index in [2.05, 4.69) is 0 Å². The van der Waals surface area contributed by atoms with E-state index in [0.717, 1.165) is 6.54 Å². The van der Waals surface area contributed by atoms with Gasteiger partial charge in [0.05, 0.1) is 16.5 Å². The quantitative estimate of drug-likeness (QED) is 0.708. The van der Waals surface area contributed by atoms with Crippen LogP contribution < -0.4 is 5.73 Å². The Labute approximate surface area is 120 Å². The van der Waals surface area contributed by atoms with Gasteiger partial charge in [0.1, 0.15) is 0 Å². The first kappa shape index (κ1) is 16.3. The highest BCUT2D eigenvalue weighted by atomic mass is 32.1. The number of aliphatic hydroxyl groups is 1. The number of β-amino-alcohol motifs (C(OH)–C–C–N with tert-alkyl or cyclic N) is 1. The fourth-order valence-corrected chi connectivity index (χ4v) is 2.71. The minimum absolute atomic E-state index is 0.0257. The average molecular weight is 287 g/mol. The van der Waals surface area contributed by atoms with Gasteiger partial charge in [0.2, 0.25) is 5.91 Å². The van der Waals surface area contributed by atoms with Crippen molar-refractivity contribution in [2.75, 3.05) is 27.2 Å². The van der Waals surface area contributed by atoms with Crippen LogP contribution in [0.3, 0.4) is 0 Å². The molecule has 1 rings (SSSR count). The SMILES string of the molecule is CCC(C)(C(=O)N1CC(O)CC1CN(C)C)C(N)=S. The van der Waals surface area contributed by atoms with Gasteiger partial charge in [-0.25, -0.2) is 0 Å². The predicted octanol–water partition coefficient (Wildman–Crippen LogP) is 0.212. The van der Waals surface area contributed by atoms with Gasteiger partial charge >= 0.3 is 0 Å². The molecular formula is C13H25N3O2S. The molecule has 1 fully saturated rings. The monoisotopic (exact) mass is 287 g/mol. The highest BCUT2D eigenvalue weighted by Crippen LogP contribution is 2.29. The Morgan fingerprint density at radius 1 is 1.58 bits per heavy atom. The molecular weight excluding hydrogens is 262 g/mol. The number of nitrogens with two attached hydrogens (primary N) is 1. The van der Waals surface area contributed by atoms with E-state index in [9.17, 15) is 9.90 Å². The summed E-state index contributed by atoms with van der Waals surface area (Å²) in [7, 11) is 3.92. The second-order valence-corrected chi connectivity index (χ2v) is 6.25. The average Bonchev–Trinajstić information content (AvgIpc) is 2.66. The number of thiocarbonyl (C=S) groups is 1. The number of carbonyl (C=O) groups excluding carboxylic acids is 1. The maximum absolute atomic E-state index is 12.7. The van der Waals surface area contributed by atoms with Crippen LogP contribution in [0.15, 0.2) is 0 Å². The van der Waals surface area contributed by atoms with E-state index in [-0.39, 0.29) is 16.9 Å². The summed E-state index contributed by atoms with van der Waals surface area (Å²) in [6, 6.07) is 0.0257. The van der Waals surface area contributed by atoms with Crippen molar-refractivity contribution < 1.29 is 9.90 Å². The predicted molar refractivity (Wildman–Crippen MR) is 79.9 cm³/mol. The summed E-state index contributed by atoms with van der Waals surface area (Å²) < 4.78 is 0. The molecule has 3 N–H and O–H groups in total. The fraction of sp³-hybridized carbons (Fsp3) is 0.846. The second kappa shape index (κ2) is 6.15. The molecule has 0 aromatic rings. The van der Waals surface area contributed by atoms with Crippen molar-refractivity contribution in [3.05, 3.63) is 0 Å². The van der Waals surface area contributed by atoms with Crippen LogP contribution in [-0.2, 0) is 4.79 Å². The number of carbonyl (C=O) groups is 1. The van der Waals surface area contributed by atoms with E-state index in [1.807, 2.05) is 25.9 Å². The van der Waals surface area contributed by atoms with Gasteiger partial charge in [-0.05, 0) is 33.9 Å². The number of likely N-dealkylation sites (tertiary alicyclic amines) is 1. The number of aliphatic hydroxyl groups excluding tert-OH is 1. The largest absolute Gasteiger partial charge is 0.392 e. The van der Waals surface area contributed by atoms with Crippen LogP contribution in [0.4, 0.5) is 0 Å². The fourth-order valence-electron chi connectivity index (χ4n) is 2.48. The Kier molecular flexibility index (Phi) is 5.29. The van der Waals surface area contributed by atoms with Crippen LogP contribution in [0.1, 0.15) is 26.7 Å². The van der Waals surface area contributed by atoms with E-state index >= 15 is 0 Å². The number of rotatable bonds is 5. The van der Waals surface area contributed by atoms with Crippen molar-refractivity contribution in [1.29, 1.82) is 0 Å². The Morgan fingerprint density at radius 3 is 2.58 bits per heavy atom. The Morgan fingerprint density at radius 2 is 2.16 bits per heavy atom. The van der Waals surface area contributed by atoms with Crippen LogP contribution in [0, 0.1) is 5.41 Å². The number of hydrogen-bond acceptors (Lipinski definition) is 4. The molecule has 5 nitrogen and oxygen atoms in total. The summed E-state index contributed by atoms with van der Waals surface area (Å²) in [4.78, 5) is 16.7. The topological polar surface area (TPSA) is 69.8 Å². The smallest absolute Gasteiger partial charge is 0.235 e. The molecule has 3 atom stereocenters. The molecule has 0 aliphatic carbocycles. The van der Waals surface area contributed by atoms with Gasteiger partial charge in [-0.2, -0.15) is 0 Å². The van der Waals surface area contributed by atoms with Crippen molar-refractivity contribution in [1.82, 2.24) is 9.80 Å². The molecule has 110 valence electrons. The van der Waals surface area contributed by atoms with Crippen molar-refractivity contribution in [3.8, 4) is 0 Å². The first-order chi connectivity index (χ1) is 8.72. The Balaban J connectivity index is 2.92. The van der Waals surface area contributed by atoms with Crippen LogP contribution in [0.2, 0.25) is 0 Å². The van der Waals surface area contributed by atoms with Crippen LogP contribution >= 0.6 is 12.2 Å². The first-order valence-electron chi connectivity index (χ1n) is 6.66. The normalized spacial score (nSPS) is 26.5. The summed E-state index contributed by atoms with van der Waals surface area (Å²) in [5.41, 5.74) is 4.93. The van der Waals surface area contributed by atoms with Gasteiger partial charge in [0, 0.05) is 19.1 Å². The Hall–Kier alpha value is -0.720. The summed E-state index contributed by atoms with van der Waals surface area (Å²) in [6.45, 7) is 4.80. The molecule has 6 heteroatoms. The van der Waals surface area contributed by atoms with Crippen molar-refractivity contribution in [2.45, 2.75) is 38.8 Å². The Bertz CT molecular complexity index is 362. The zero-order chi connectivity index (χ0) is 14.8. The van der Waals surface area contributed by atoms with Gasteiger partial charge in [-0.1, -0.05) is 19.1 Å². The molecule has 0 spiro atoms. The molecule has 0 bridgehead atoms. The van der Waals surface area contributed by atoms with E-state index < -0.39 is 11.5 Å². The van der Waals surface area contributed by atoms with E-state index in [1.165, 1.54) is 0 Å². The third kappa shape index (κ3) is 3.43. The van der Waals surface area contributed by atoms with Crippen molar-refractivity contribution >= 4 is 23.1 Å². The van der Waals surface area contributed by atoms with Crippen LogP contribution in [0.5, 0.6) is 0 Å². The van der Waals surface area contributed by atoms with Gasteiger partial charge in [-0.3, -0.25) is 4.79 Å². The lowest BCUT2D eigenvalue weighted by molar-refractivity contribution is -0.139. The van der Waals surface area contributed by atoms with E-state index in [1.54, 1.807) is 11.8 Å². The summed E-state index contributed by atoms with van der Waals surface area (Å²) in [5, 5.41) is 9.83. The summed E-state index contributed by atoms with van der Waals surface area (Å²) in [5.74, 6) is -0.0640. The number of nitrogens with zero attached hydrogens (tertiary/aromatic N) is 2. The number of hydrogen-bond donors (Lipinski definition) is 2. The zero-order valence-electron chi connectivity index (χ0n) is 12.2. The van der Waals surface area contributed by atoms with Gasteiger partial charge in [-0.15, -0.1) is 0 Å². The minimum atomic E-state index is -0.816. The molecule has 1 aliphatic heterocycles. The molecule has 3 unspecified atom stereocenters. The molecule has 1 heterocycles. The molecule has 0 radical (unpaired) electrons. The summed E-state index contributed by atoms with van der Waals surface area (Å²) in [6.07, 6.45) is 0.727. The maximum Gasteiger partial charge on any atom is 0.235 e. The number of likely N-dealkylation sites (N-methyl/N-ethyl adjacent to an activating group) is 1. The van der Waals surface area contributed by atoms with E-state index in [0.29, 0.717) is 19.4 Å². The number of amides is 1. The van der Waals surface area contributed by atoms with Crippen LogP contribution in [-0.4, -0.2) is 65.1 Å². The lowest BCUT2D eigenvalue weighted by Gasteiger charge is -2.35. The third-order valence-corrected chi connectivity index (χ3v) is 4.40. The van der Waals surface area contributed by atoms with Gasteiger partial charge in [0.15, 0.2) is 0 Å². The maximum atomic E-state index is 12.7. The lowest BCUT2D eigenvalue weighted by atomic mass is 9.85. The summed E-state index contributed by atoms with van der Waals surface area (Å²) >= 11 is 5.05. The molecule has 19 heavy (non-hydrogen) atoms. The van der Waals surface area contributed by atoms with Crippen molar-refractivity contribution in [3.63, 3.8) is 0 Å². The standard InChI is InChI=1S/C13H25N3O2S/c1-5-13(2,11(14)19)12(18)16-8-10(17)6-9(16)7-15(3)4/h9-10,17H,5-8H2,1-4H3,(H2,14,19). The third-order valence-electron chi connectivity index (χ3n) is 3.95. The molecule has 1 amide bonds. The van der Waals surface area contributed by atoms with Crippen molar-refractivity contribution in [2.24, 2.45) is 11.1 Å². The first-order valence-corrected chi connectivity index (χ1v) is 7.07. The van der Waals surface area contributed by atoms with Crippen LogP contribution in [0.25, 0.3) is 0 Å².